The third kappa shape index (κ3) is 6.32. The molecule has 0 aliphatic carbocycles. The minimum atomic E-state index is -0.276. The number of thiazole rings is 1. The van der Waals surface area contributed by atoms with Crippen LogP contribution < -0.4 is 16.4 Å². The average Bonchev–Trinajstić information content (AvgIpc) is 3.32. The van der Waals surface area contributed by atoms with Gasteiger partial charge >= 0.3 is 0 Å². The Morgan fingerprint density at radius 2 is 2.11 bits per heavy atom. The molecule has 0 atom stereocenters. The van der Waals surface area contributed by atoms with Gasteiger partial charge in [-0.2, -0.15) is 5.26 Å². The van der Waals surface area contributed by atoms with Crippen molar-refractivity contribution < 1.29 is 4.79 Å². The lowest BCUT2D eigenvalue weighted by molar-refractivity contribution is 0.0930. The molecule has 1 aliphatic rings. The second kappa shape index (κ2) is 11.3. The lowest BCUT2D eigenvalue weighted by Crippen LogP contribution is -2.38. The average molecular weight is 491 g/mol. The molecule has 0 radical (unpaired) electrons. The molecule has 0 unspecified atom stereocenters. The third-order valence-electron chi connectivity index (χ3n) is 5.90. The molecule has 0 spiro atoms. The number of carbonyl (C=O) groups excluding carboxylic acids is 1. The summed E-state index contributed by atoms with van der Waals surface area (Å²) in [7, 11) is 0. The van der Waals surface area contributed by atoms with Gasteiger partial charge < -0.3 is 16.4 Å². The Bertz CT molecular complexity index is 1200. The van der Waals surface area contributed by atoms with E-state index < -0.39 is 0 Å². The van der Waals surface area contributed by atoms with E-state index in [1.54, 1.807) is 17.5 Å². The summed E-state index contributed by atoms with van der Waals surface area (Å²) in [5.41, 5.74) is 7.64. The number of hydrogen-bond acceptors (Lipinski definition) is 9. The number of carbonyl (C=O) groups is 1. The summed E-state index contributed by atoms with van der Waals surface area (Å²) in [4.78, 5) is 29.7. The van der Waals surface area contributed by atoms with Crippen LogP contribution in [-0.2, 0) is 6.54 Å². The van der Waals surface area contributed by atoms with Crippen LogP contribution in [0.3, 0.4) is 0 Å². The maximum atomic E-state index is 12.7. The van der Waals surface area contributed by atoms with Gasteiger partial charge in [-0.05, 0) is 63.9 Å². The van der Waals surface area contributed by atoms with Gasteiger partial charge in [0.15, 0.2) is 0 Å². The number of likely N-dealkylation sites (tertiary alicyclic amines) is 1. The van der Waals surface area contributed by atoms with Gasteiger partial charge in [-0.1, -0.05) is 6.07 Å². The highest BCUT2D eigenvalue weighted by molar-refractivity contribution is 7.14. The van der Waals surface area contributed by atoms with Crippen LogP contribution in [0.15, 0.2) is 36.7 Å². The van der Waals surface area contributed by atoms with Gasteiger partial charge in [-0.25, -0.2) is 9.97 Å². The first-order chi connectivity index (χ1) is 16.9. The number of amides is 1. The van der Waals surface area contributed by atoms with E-state index in [0.717, 1.165) is 43.2 Å². The second-order valence-corrected chi connectivity index (χ2v) is 10.1. The summed E-state index contributed by atoms with van der Waals surface area (Å²) in [6.45, 7) is 7.29. The maximum Gasteiger partial charge on any atom is 0.270 e. The molecule has 0 bridgehead atoms. The predicted octanol–water partition coefficient (Wildman–Crippen LogP) is 3.52. The van der Waals surface area contributed by atoms with Crippen molar-refractivity contribution in [3.05, 3.63) is 52.8 Å². The van der Waals surface area contributed by atoms with Crippen molar-refractivity contribution in [2.24, 2.45) is 5.92 Å². The van der Waals surface area contributed by atoms with Gasteiger partial charge in [0.05, 0.1) is 11.4 Å². The number of nitrogen functional groups attached to an aromatic ring is 1. The molecule has 3 aromatic rings. The van der Waals surface area contributed by atoms with Crippen LogP contribution >= 0.6 is 11.3 Å². The van der Waals surface area contributed by atoms with E-state index in [1.807, 2.05) is 38.2 Å². The summed E-state index contributed by atoms with van der Waals surface area (Å²) < 4.78 is 0. The molecule has 4 rings (SSSR count). The molecule has 0 aromatic carbocycles. The number of rotatable bonds is 8. The Kier molecular flexibility index (Phi) is 7.90. The number of aromatic nitrogens is 3. The minimum absolute atomic E-state index is 0.0593. The highest BCUT2D eigenvalue weighted by Crippen LogP contribution is 2.26. The number of piperidine rings is 1. The fraction of sp³-hybridized carbons (Fsp3) is 0.400. The number of hydrogen-bond donors (Lipinski definition) is 3. The first kappa shape index (κ1) is 24.6. The number of pyridine rings is 2. The second-order valence-electron chi connectivity index (χ2n) is 9.01. The van der Waals surface area contributed by atoms with Crippen molar-refractivity contribution in [1.29, 1.82) is 5.26 Å². The van der Waals surface area contributed by atoms with Gasteiger partial charge in [-0.15, -0.1) is 11.3 Å². The number of anilines is 2. The number of nitriles is 1. The summed E-state index contributed by atoms with van der Waals surface area (Å²) in [6.07, 6.45) is 5.75. The van der Waals surface area contributed by atoms with E-state index in [2.05, 4.69) is 36.6 Å². The third-order valence-corrected chi connectivity index (χ3v) is 6.90. The Balaban J connectivity index is 1.27. The van der Waals surface area contributed by atoms with Crippen LogP contribution in [0.1, 0.15) is 47.6 Å². The Labute approximate surface area is 209 Å². The van der Waals surface area contributed by atoms with Crippen molar-refractivity contribution in [3.8, 4) is 16.8 Å². The topological polar surface area (TPSA) is 133 Å². The quantitative estimate of drug-likeness (QED) is 0.437. The van der Waals surface area contributed by atoms with E-state index in [4.69, 9.17) is 5.73 Å². The highest BCUT2D eigenvalue weighted by Gasteiger charge is 2.22. The van der Waals surface area contributed by atoms with Gasteiger partial charge in [-0.3, -0.25) is 14.7 Å². The van der Waals surface area contributed by atoms with Crippen LogP contribution in [0.2, 0.25) is 0 Å². The van der Waals surface area contributed by atoms with E-state index in [9.17, 15) is 10.1 Å². The van der Waals surface area contributed by atoms with E-state index >= 15 is 0 Å². The Hall–Kier alpha value is -3.55. The van der Waals surface area contributed by atoms with Crippen LogP contribution in [0.5, 0.6) is 0 Å². The van der Waals surface area contributed by atoms with Crippen molar-refractivity contribution in [1.82, 2.24) is 25.2 Å². The molecule has 4 heterocycles. The molecule has 35 heavy (non-hydrogen) atoms. The van der Waals surface area contributed by atoms with Gasteiger partial charge in [0, 0.05) is 36.4 Å². The molecule has 0 saturated carbocycles. The number of nitrogens with two attached hydrogens (primary N) is 1. The standard InChI is InChI=1S/C25H30N8OS/c1-16(2)31-23-19(12-26)20(27)11-22(32-23)24(34)29-13-17-6-9-33(10-7-17)15-18-14-30-25(35-18)21-5-3-4-8-28-21/h3-5,8,11,14,16-17H,6-7,9-10,13,15H2,1-2H3,(H,29,34)(H3,27,31,32). The van der Waals surface area contributed by atoms with E-state index in [-0.39, 0.29) is 28.9 Å². The lowest BCUT2D eigenvalue weighted by atomic mass is 9.96. The zero-order valence-corrected chi connectivity index (χ0v) is 20.8. The minimum Gasteiger partial charge on any atom is -0.397 e. The summed E-state index contributed by atoms with van der Waals surface area (Å²) in [5.74, 6) is 0.474. The largest absolute Gasteiger partial charge is 0.397 e. The molecule has 9 nitrogen and oxygen atoms in total. The first-order valence-corrected chi connectivity index (χ1v) is 12.6. The molecular weight excluding hydrogens is 460 g/mol. The molecule has 1 fully saturated rings. The zero-order valence-electron chi connectivity index (χ0n) is 20.0. The normalized spacial score (nSPS) is 14.6. The van der Waals surface area contributed by atoms with Crippen LogP contribution in [0.25, 0.3) is 10.7 Å². The SMILES string of the molecule is CC(C)Nc1nc(C(=O)NCC2CCN(Cc3cnc(-c4ccccn4)s3)CC2)cc(N)c1C#N. The summed E-state index contributed by atoms with van der Waals surface area (Å²) in [5, 5.41) is 16.4. The molecule has 1 saturated heterocycles. The first-order valence-electron chi connectivity index (χ1n) is 11.8. The predicted molar refractivity (Wildman–Crippen MR) is 138 cm³/mol. The molecule has 1 amide bonds. The monoisotopic (exact) mass is 490 g/mol. The fourth-order valence-corrected chi connectivity index (χ4v) is 4.99. The van der Waals surface area contributed by atoms with Crippen LogP contribution in [-0.4, -0.2) is 51.4 Å². The maximum absolute atomic E-state index is 12.7. The molecule has 182 valence electrons. The Morgan fingerprint density at radius 1 is 1.31 bits per heavy atom. The fourth-order valence-electron chi connectivity index (χ4n) is 4.06. The zero-order chi connectivity index (χ0) is 24.8. The van der Waals surface area contributed by atoms with Crippen molar-refractivity contribution >= 4 is 28.7 Å². The summed E-state index contributed by atoms with van der Waals surface area (Å²) >= 11 is 1.69. The van der Waals surface area contributed by atoms with E-state index in [0.29, 0.717) is 18.3 Å². The molecule has 10 heteroatoms. The number of nitrogens with zero attached hydrogens (tertiary/aromatic N) is 5. The summed E-state index contributed by atoms with van der Waals surface area (Å²) in [6, 6.07) is 9.44. The van der Waals surface area contributed by atoms with E-state index in [1.165, 1.54) is 10.9 Å². The van der Waals surface area contributed by atoms with Gasteiger partial charge in [0.25, 0.3) is 5.91 Å². The molecule has 4 N–H and O–H groups in total. The molecule has 3 aromatic heterocycles. The van der Waals surface area contributed by atoms with Crippen molar-refractivity contribution in [3.63, 3.8) is 0 Å². The highest BCUT2D eigenvalue weighted by atomic mass is 32.1. The smallest absolute Gasteiger partial charge is 0.270 e. The van der Waals surface area contributed by atoms with Gasteiger partial charge in [0.2, 0.25) is 0 Å². The van der Waals surface area contributed by atoms with Crippen molar-refractivity contribution in [2.75, 3.05) is 30.7 Å². The van der Waals surface area contributed by atoms with Crippen molar-refractivity contribution in [2.45, 2.75) is 39.3 Å². The molecular formula is C25H30N8OS. The lowest BCUT2D eigenvalue weighted by Gasteiger charge is -2.31. The molecule has 1 aliphatic heterocycles. The van der Waals surface area contributed by atoms with Crippen LogP contribution in [0, 0.1) is 17.2 Å². The number of nitrogens with one attached hydrogen (secondary N) is 2. The Morgan fingerprint density at radius 3 is 2.80 bits per heavy atom. The van der Waals surface area contributed by atoms with Gasteiger partial charge in [0.1, 0.15) is 28.2 Å². The van der Waals surface area contributed by atoms with Crippen LogP contribution in [0.4, 0.5) is 11.5 Å².